The van der Waals surface area contributed by atoms with Crippen LogP contribution in [0.15, 0.2) is 24.3 Å². The summed E-state index contributed by atoms with van der Waals surface area (Å²) in [6, 6.07) is 7.28. The van der Waals surface area contributed by atoms with Crippen LogP contribution >= 0.6 is 24.2 Å². The monoisotopic (exact) mass is 318 g/mol. The molecule has 4 nitrogen and oxygen atoms in total. The number of hydrogen-bond acceptors (Lipinski definition) is 4. The van der Waals surface area contributed by atoms with Crippen molar-refractivity contribution < 1.29 is 9.53 Å². The van der Waals surface area contributed by atoms with Crippen molar-refractivity contribution in [2.45, 2.75) is 19.0 Å². The van der Waals surface area contributed by atoms with Gasteiger partial charge in [0.05, 0.1) is 13.2 Å². The van der Waals surface area contributed by atoms with Gasteiger partial charge in [-0.3, -0.25) is 4.79 Å². The first-order valence-electron chi connectivity index (χ1n) is 6.21. The van der Waals surface area contributed by atoms with E-state index in [-0.39, 0.29) is 18.3 Å². The van der Waals surface area contributed by atoms with Crippen LogP contribution in [0.2, 0.25) is 0 Å². The molecule has 0 saturated carbocycles. The molecule has 1 aromatic carbocycles. The number of halogens is 1. The molecule has 0 radical (unpaired) electrons. The van der Waals surface area contributed by atoms with Crippen molar-refractivity contribution in [3.05, 3.63) is 29.8 Å². The van der Waals surface area contributed by atoms with Crippen molar-refractivity contribution in [3.8, 4) is 5.75 Å². The highest BCUT2D eigenvalue weighted by atomic mass is 35.5. The second-order valence-corrected chi connectivity index (χ2v) is 5.42. The molecule has 0 aliphatic rings. The lowest BCUT2D eigenvalue weighted by Gasteiger charge is -2.21. The van der Waals surface area contributed by atoms with Crippen LogP contribution in [0.4, 0.5) is 0 Å². The number of benzene rings is 1. The van der Waals surface area contributed by atoms with Crippen LogP contribution < -0.4 is 10.5 Å². The van der Waals surface area contributed by atoms with Gasteiger partial charge in [0, 0.05) is 13.6 Å². The normalized spacial score (nSPS) is 11.4. The molecule has 0 heterocycles. The zero-order valence-corrected chi connectivity index (χ0v) is 13.8. The lowest BCUT2D eigenvalue weighted by atomic mass is 10.1. The van der Waals surface area contributed by atoms with Crippen molar-refractivity contribution in [2.75, 3.05) is 26.2 Å². The summed E-state index contributed by atoms with van der Waals surface area (Å²) >= 11 is 1.70. The van der Waals surface area contributed by atoms with Gasteiger partial charge in [0.1, 0.15) is 5.75 Å². The molecule has 0 fully saturated rings. The molecule has 114 valence electrons. The van der Waals surface area contributed by atoms with Crippen LogP contribution in [-0.2, 0) is 11.3 Å². The van der Waals surface area contributed by atoms with E-state index in [1.165, 1.54) is 0 Å². The number of nitrogens with two attached hydrogens (primary N) is 1. The number of rotatable bonds is 7. The SMILES string of the molecule is COc1ccc(CN(C)C(=O)[C@@H](N)CCSC)cc1.Cl. The summed E-state index contributed by atoms with van der Waals surface area (Å²) in [5, 5.41) is 0. The predicted molar refractivity (Wildman–Crippen MR) is 87.7 cm³/mol. The Morgan fingerprint density at radius 3 is 2.50 bits per heavy atom. The van der Waals surface area contributed by atoms with E-state index in [1.54, 1.807) is 30.8 Å². The molecule has 0 saturated heterocycles. The van der Waals surface area contributed by atoms with E-state index in [0.29, 0.717) is 13.0 Å². The quantitative estimate of drug-likeness (QED) is 0.837. The van der Waals surface area contributed by atoms with Gasteiger partial charge in [0.2, 0.25) is 5.91 Å². The van der Waals surface area contributed by atoms with Crippen LogP contribution in [0.5, 0.6) is 5.75 Å². The molecule has 6 heteroatoms. The molecule has 1 amide bonds. The predicted octanol–water partition coefficient (Wildman–Crippen LogP) is 2.16. The average molecular weight is 319 g/mol. The first kappa shape index (κ1) is 19.1. The molecule has 1 atom stereocenters. The van der Waals surface area contributed by atoms with E-state index in [0.717, 1.165) is 17.1 Å². The Morgan fingerprint density at radius 2 is 2.00 bits per heavy atom. The Bertz CT molecular complexity index is 401. The Morgan fingerprint density at radius 1 is 1.40 bits per heavy atom. The number of carbonyl (C=O) groups is 1. The van der Waals surface area contributed by atoms with Crippen molar-refractivity contribution in [3.63, 3.8) is 0 Å². The first-order chi connectivity index (χ1) is 9.08. The molecule has 1 rings (SSSR count). The van der Waals surface area contributed by atoms with Crippen LogP contribution in [0, 0.1) is 0 Å². The fourth-order valence-corrected chi connectivity index (χ4v) is 2.22. The van der Waals surface area contributed by atoms with E-state index >= 15 is 0 Å². The lowest BCUT2D eigenvalue weighted by Crippen LogP contribution is -2.41. The summed E-state index contributed by atoms with van der Waals surface area (Å²) in [7, 11) is 3.42. The molecular formula is C14H23ClN2O2S. The van der Waals surface area contributed by atoms with Gasteiger partial charge in [-0.25, -0.2) is 0 Å². The van der Waals surface area contributed by atoms with Gasteiger partial charge in [-0.15, -0.1) is 12.4 Å². The molecule has 0 aromatic heterocycles. The molecule has 0 bridgehead atoms. The average Bonchev–Trinajstić information content (AvgIpc) is 2.44. The second-order valence-electron chi connectivity index (χ2n) is 4.43. The second kappa shape index (κ2) is 9.91. The van der Waals surface area contributed by atoms with E-state index in [1.807, 2.05) is 30.5 Å². The Hall–Kier alpha value is -0.910. The number of hydrogen-bond donors (Lipinski definition) is 1. The summed E-state index contributed by atoms with van der Waals surface area (Å²) < 4.78 is 5.10. The maximum Gasteiger partial charge on any atom is 0.239 e. The summed E-state index contributed by atoms with van der Waals surface area (Å²) in [6.07, 6.45) is 2.73. The van der Waals surface area contributed by atoms with Crippen LogP contribution in [0.25, 0.3) is 0 Å². The molecule has 0 aliphatic carbocycles. The standard InChI is InChI=1S/C14H22N2O2S.ClH/c1-16(14(17)13(15)8-9-19-3)10-11-4-6-12(18-2)7-5-11;/h4-7,13H,8-10,15H2,1-3H3;1H/t13-;/m0./s1. The number of carbonyl (C=O) groups excluding carboxylic acids is 1. The van der Waals surface area contributed by atoms with Crippen LogP contribution in [0.1, 0.15) is 12.0 Å². The number of ether oxygens (including phenoxy) is 1. The fourth-order valence-electron chi connectivity index (χ4n) is 1.73. The highest BCUT2D eigenvalue weighted by Gasteiger charge is 2.17. The Kier molecular flexibility index (Phi) is 9.46. The highest BCUT2D eigenvalue weighted by Crippen LogP contribution is 2.13. The van der Waals surface area contributed by atoms with E-state index in [4.69, 9.17) is 10.5 Å². The van der Waals surface area contributed by atoms with Crippen molar-refractivity contribution in [1.29, 1.82) is 0 Å². The maximum atomic E-state index is 12.0. The Labute approximate surface area is 131 Å². The number of nitrogens with zero attached hydrogens (tertiary/aromatic N) is 1. The summed E-state index contributed by atoms with van der Waals surface area (Å²) in [5.41, 5.74) is 6.94. The largest absolute Gasteiger partial charge is 0.497 e. The highest BCUT2D eigenvalue weighted by molar-refractivity contribution is 7.98. The first-order valence-corrected chi connectivity index (χ1v) is 7.60. The van der Waals surface area contributed by atoms with E-state index in [2.05, 4.69) is 0 Å². The summed E-state index contributed by atoms with van der Waals surface area (Å²) in [6.45, 7) is 0.565. The van der Waals surface area contributed by atoms with Gasteiger partial charge in [0.25, 0.3) is 0 Å². The maximum absolute atomic E-state index is 12.0. The third-order valence-corrected chi connectivity index (χ3v) is 3.55. The Balaban J connectivity index is 0.00000361. The number of thioether (sulfide) groups is 1. The van der Waals surface area contributed by atoms with E-state index < -0.39 is 6.04 Å². The van der Waals surface area contributed by atoms with Gasteiger partial charge in [0.15, 0.2) is 0 Å². The minimum absolute atomic E-state index is 0. The zero-order valence-electron chi connectivity index (χ0n) is 12.2. The minimum atomic E-state index is -0.407. The third kappa shape index (κ3) is 6.03. The van der Waals surface area contributed by atoms with Crippen LogP contribution in [0.3, 0.4) is 0 Å². The number of methoxy groups -OCH3 is 1. The zero-order chi connectivity index (χ0) is 14.3. The fraction of sp³-hybridized carbons (Fsp3) is 0.500. The lowest BCUT2D eigenvalue weighted by molar-refractivity contribution is -0.131. The van der Waals surface area contributed by atoms with Crippen molar-refractivity contribution >= 4 is 30.1 Å². The smallest absolute Gasteiger partial charge is 0.239 e. The molecule has 0 spiro atoms. The molecule has 0 aliphatic heterocycles. The number of amides is 1. The summed E-state index contributed by atoms with van der Waals surface area (Å²) in [4.78, 5) is 13.7. The van der Waals surface area contributed by atoms with Gasteiger partial charge < -0.3 is 15.4 Å². The van der Waals surface area contributed by atoms with Gasteiger partial charge in [-0.2, -0.15) is 11.8 Å². The molecule has 20 heavy (non-hydrogen) atoms. The molecular weight excluding hydrogens is 296 g/mol. The van der Waals surface area contributed by atoms with Crippen LogP contribution in [-0.4, -0.2) is 43.0 Å². The number of likely N-dealkylation sites (N-methyl/N-ethyl adjacent to an activating group) is 1. The van der Waals surface area contributed by atoms with Gasteiger partial charge in [-0.05, 0) is 36.1 Å². The molecule has 1 aromatic rings. The topological polar surface area (TPSA) is 55.6 Å². The van der Waals surface area contributed by atoms with Gasteiger partial charge in [-0.1, -0.05) is 12.1 Å². The van der Waals surface area contributed by atoms with Gasteiger partial charge >= 0.3 is 0 Å². The molecule has 0 unspecified atom stereocenters. The third-order valence-electron chi connectivity index (χ3n) is 2.91. The van der Waals surface area contributed by atoms with Crippen molar-refractivity contribution in [2.24, 2.45) is 5.73 Å². The van der Waals surface area contributed by atoms with Crippen molar-refractivity contribution in [1.82, 2.24) is 4.90 Å². The van der Waals surface area contributed by atoms with E-state index in [9.17, 15) is 4.79 Å². The molecule has 2 N–H and O–H groups in total. The summed E-state index contributed by atoms with van der Waals surface area (Å²) in [5.74, 6) is 1.71. The minimum Gasteiger partial charge on any atom is -0.497 e.